The fraction of sp³-hybridized carbons (Fsp3) is 0.500. The van der Waals surface area contributed by atoms with E-state index in [1.807, 2.05) is 27.1 Å². The molecule has 2 aromatic rings. The predicted octanol–water partition coefficient (Wildman–Crippen LogP) is 1.59. The van der Waals surface area contributed by atoms with Gasteiger partial charge in [0, 0.05) is 19.7 Å². The van der Waals surface area contributed by atoms with Crippen molar-refractivity contribution in [2.24, 2.45) is 7.05 Å². The number of hydrogen-bond donors (Lipinski definition) is 2. The first kappa shape index (κ1) is 16.3. The molecule has 0 aromatic carbocycles. The molecule has 2 rings (SSSR count). The molecular weight excluding hydrogens is 282 g/mol. The molecule has 6 nitrogen and oxygen atoms in total. The van der Waals surface area contributed by atoms with Gasteiger partial charge in [0.25, 0.3) is 0 Å². The van der Waals surface area contributed by atoms with Crippen molar-refractivity contribution in [1.29, 1.82) is 0 Å². The molecule has 2 N–H and O–H groups in total. The number of hydrogen-bond acceptors (Lipinski definition) is 4. The number of nitrogens with one attached hydrogen (secondary N) is 1. The summed E-state index contributed by atoms with van der Waals surface area (Å²) in [5.74, 6) is 1.08. The number of nitrogens with zero attached hydrogens (tertiary/aromatic N) is 2. The zero-order chi connectivity index (χ0) is 16.3. The van der Waals surface area contributed by atoms with Crippen LogP contribution in [0, 0.1) is 13.8 Å². The zero-order valence-electron chi connectivity index (χ0n) is 13.5. The van der Waals surface area contributed by atoms with Crippen molar-refractivity contribution in [3.63, 3.8) is 0 Å². The summed E-state index contributed by atoms with van der Waals surface area (Å²) >= 11 is 0. The Morgan fingerprint density at radius 2 is 2.18 bits per heavy atom. The van der Waals surface area contributed by atoms with E-state index in [9.17, 15) is 9.90 Å². The van der Waals surface area contributed by atoms with Gasteiger partial charge in [-0.25, -0.2) is 0 Å². The molecule has 6 heteroatoms. The lowest BCUT2D eigenvalue weighted by molar-refractivity contribution is -0.122. The number of rotatable bonds is 6. The minimum atomic E-state index is -1.21. The Labute approximate surface area is 130 Å². The summed E-state index contributed by atoms with van der Waals surface area (Å²) in [6.07, 6.45) is 2.91. The molecule has 0 aliphatic rings. The molecule has 2 heterocycles. The van der Waals surface area contributed by atoms with Crippen LogP contribution < -0.4 is 5.32 Å². The van der Waals surface area contributed by atoms with Crippen molar-refractivity contribution >= 4 is 5.91 Å². The molecular formula is C16H23N3O3. The summed E-state index contributed by atoms with van der Waals surface area (Å²) in [5, 5.41) is 17.4. The van der Waals surface area contributed by atoms with E-state index in [0.717, 1.165) is 17.0 Å². The molecule has 0 bridgehead atoms. The molecule has 22 heavy (non-hydrogen) atoms. The summed E-state index contributed by atoms with van der Waals surface area (Å²) in [4.78, 5) is 11.9. The van der Waals surface area contributed by atoms with Crippen LogP contribution in [0.1, 0.15) is 36.1 Å². The van der Waals surface area contributed by atoms with Gasteiger partial charge in [0.05, 0.1) is 12.2 Å². The Bertz CT molecular complexity index is 655. The van der Waals surface area contributed by atoms with Gasteiger partial charge in [0.1, 0.15) is 17.1 Å². The molecule has 0 saturated heterocycles. The van der Waals surface area contributed by atoms with E-state index in [0.29, 0.717) is 18.6 Å². The molecule has 0 aliphatic heterocycles. The van der Waals surface area contributed by atoms with Gasteiger partial charge < -0.3 is 14.8 Å². The van der Waals surface area contributed by atoms with Crippen LogP contribution in [0.2, 0.25) is 0 Å². The first-order valence-corrected chi connectivity index (χ1v) is 7.33. The van der Waals surface area contributed by atoms with Gasteiger partial charge in [-0.05, 0) is 44.9 Å². The Balaban J connectivity index is 1.83. The first-order valence-electron chi connectivity index (χ1n) is 7.33. The highest BCUT2D eigenvalue weighted by Crippen LogP contribution is 2.21. The summed E-state index contributed by atoms with van der Waals surface area (Å²) in [5.41, 5.74) is 0.785. The topological polar surface area (TPSA) is 80.3 Å². The number of carbonyl (C=O) groups excluding carboxylic acids is 1. The van der Waals surface area contributed by atoms with Crippen molar-refractivity contribution < 1.29 is 14.3 Å². The van der Waals surface area contributed by atoms with Crippen molar-refractivity contribution in [2.45, 2.75) is 39.2 Å². The lowest BCUT2D eigenvalue weighted by atomic mass is 10.0. The van der Waals surface area contributed by atoms with Gasteiger partial charge in [-0.3, -0.25) is 9.48 Å². The lowest BCUT2D eigenvalue weighted by Crippen LogP contribution is -2.38. The molecule has 1 atom stereocenters. The molecule has 0 spiro atoms. The Morgan fingerprint density at radius 1 is 1.45 bits per heavy atom. The van der Waals surface area contributed by atoms with E-state index in [4.69, 9.17) is 4.42 Å². The van der Waals surface area contributed by atoms with Gasteiger partial charge in [0.15, 0.2) is 0 Å². The van der Waals surface area contributed by atoms with Gasteiger partial charge in [-0.2, -0.15) is 5.10 Å². The van der Waals surface area contributed by atoms with Gasteiger partial charge in [-0.15, -0.1) is 0 Å². The zero-order valence-corrected chi connectivity index (χ0v) is 13.5. The maximum atomic E-state index is 11.9. The monoisotopic (exact) mass is 305 g/mol. The first-order chi connectivity index (χ1) is 10.3. The third-order valence-corrected chi connectivity index (χ3v) is 3.64. The van der Waals surface area contributed by atoms with E-state index in [1.165, 1.54) is 0 Å². The number of aliphatic hydroxyl groups is 1. The van der Waals surface area contributed by atoms with Crippen molar-refractivity contribution in [3.8, 4) is 0 Å². The molecule has 0 saturated carbocycles. The van der Waals surface area contributed by atoms with E-state index in [1.54, 1.807) is 23.7 Å². The van der Waals surface area contributed by atoms with E-state index in [-0.39, 0.29) is 12.5 Å². The third kappa shape index (κ3) is 3.98. The predicted molar refractivity (Wildman–Crippen MR) is 82.3 cm³/mol. The maximum Gasteiger partial charge on any atom is 0.220 e. The van der Waals surface area contributed by atoms with Crippen molar-refractivity contribution in [1.82, 2.24) is 15.1 Å². The van der Waals surface area contributed by atoms with Crippen LogP contribution in [0.5, 0.6) is 0 Å². The highest BCUT2D eigenvalue weighted by molar-refractivity contribution is 5.76. The number of aryl methyl sites for hydroxylation is 4. The number of aromatic nitrogens is 2. The van der Waals surface area contributed by atoms with Crippen molar-refractivity contribution in [3.05, 3.63) is 41.1 Å². The van der Waals surface area contributed by atoms with Gasteiger partial charge >= 0.3 is 0 Å². The second-order valence-corrected chi connectivity index (χ2v) is 5.87. The van der Waals surface area contributed by atoms with Crippen molar-refractivity contribution in [2.75, 3.05) is 6.54 Å². The Morgan fingerprint density at radius 3 is 2.73 bits per heavy atom. The minimum Gasteiger partial charge on any atom is -0.463 e. The van der Waals surface area contributed by atoms with Crippen LogP contribution in [0.3, 0.4) is 0 Å². The number of amides is 1. The fourth-order valence-corrected chi connectivity index (χ4v) is 2.31. The number of carbonyl (C=O) groups is 1. The molecule has 2 aromatic heterocycles. The van der Waals surface area contributed by atoms with E-state index >= 15 is 0 Å². The van der Waals surface area contributed by atoms with E-state index in [2.05, 4.69) is 10.4 Å². The Kier molecular flexibility index (Phi) is 4.71. The molecule has 0 radical (unpaired) electrons. The second kappa shape index (κ2) is 6.36. The second-order valence-electron chi connectivity index (χ2n) is 5.87. The summed E-state index contributed by atoms with van der Waals surface area (Å²) in [6.45, 7) is 5.48. The molecule has 120 valence electrons. The molecule has 0 fully saturated rings. The smallest absolute Gasteiger partial charge is 0.220 e. The van der Waals surface area contributed by atoms with Gasteiger partial charge in [0.2, 0.25) is 5.91 Å². The standard InChI is InChI=1S/C16H23N3O3/c1-11-5-7-14(22-11)16(3,21)10-17-15(20)8-6-13-9-19(4)18-12(13)2/h5,7,9,21H,6,8,10H2,1-4H3,(H,17,20). The molecule has 1 unspecified atom stereocenters. The van der Waals surface area contributed by atoms with Crippen LogP contribution in [0.15, 0.2) is 22.7 Å². The molecule has 0 aliphatic carbocycles. The average Bonchev–Trinajstić information content (AvgIpc) is 3.00. The minimum absolute atomic E-state index is 0.105. The van der Waals surface area contributed by atoms with Crippen LogP contribution in [-0.2, 0) is 23.9 Å². The summed E-state index contributed by atoms with van der Waals surface area (Å²) in [6, 6.07) is 3.51. The third-order valence-electron chi connectivity index (χ3n) is 3.64. The summed E-state index contributed by atoms with van der Waals surface area (Å²) in [7, 11) is 1.86. The average molecular weight is 305 g/mol. The van der Waals surface area contributed by atoms with Crippen LogP contribution in [-0.4, -0.2) is 27.3 Å². The SMILES string of the molecule is Cc1ccc(C(C)(O)CNC(=O)CCc2cn(C)nc2C)o1. The van der Waals surface area contributed by atoms with Gasteiger partial charge in [-0.1, -0.05) is 0 Å². The lowest BCUT2D eigenvalue weighted by Gasteiger charge is -2.21. The largest absolute Gasteiger partial charge is 0.463 e. The van der Waals surface area contributed by atoms with Crippen LogP contribution in [0.25, 0.3) is 0 Å². The Hall–Kier alpha value is -2.08. The maximum absolute atomic E-state index is 11.9. The quantitative estimate of drug-likeness (QED) is 0.849. The molecule has 1 amide bonds. The van der Waals surface area contributed by atoms with Crippen LogP contribution >= 0.6 is 0 Å². The summed E-state index contributed by atoms with van der Waals surface area (Å²) < 4.78 is 7.16. The normalized spacial score (nSPS) is 13.9. The highest BCUT2D eigenvalue weighted by atomic mass is 16.4. The van der Waals surface area contributed by atoms with Crippen LogP contribution in [0.4, 0.5) is 0 Å². The fourth-order valence-electron chi connectivity index (χ4n) is 2.31. The highest BCUT2D eigenvalue weighted by Gasteiger charge is 2.27. The number of furan rings is 1. The van der Waals surface area contributed by atoms with E-state index < -0.39 is 5.60 Å².